The molecule has 0 saturated heterocycles. The first-order valence-corrected chi connectivity index (χ1v) is 8.09. The first-order chi connectivity index (χ1) is 9.89. The molecular weight excluding hydrogens is 291 g/mol. The predicted molar refractivity (Wildman–Crippen MR) is 81.7 cm³/mol. The predicted octanol–water partition coefficient (Wildman–Crippen LogP) is 2.53. The lowest BCUT2D eigenvalue weighted by Crippen LogP contribution is -2.15. The maximum atomic E-state index is 13.4. The Morgan fingerprint density at radius 1 is 1.10 bits per heavy atom. The van der Waals surface area contributed by atoms with Crippen LogP contribution in [0.5, 0.6) is 0 Å². The molecular formula is C15H17FN2O2S. The van der Waals surface area contributed by atoms with Crippen LogP contribution in [0.15, 0.2) is 42.5 Å². The lowest BCUT2D eigenvalue weighted by molar-refractivity contribution is 0.600. The Hall–Kier alpha value is -1.92. The summed E-state index contributed by atoms with van der Waals surface area (Å²) in [6.45, 7) is 2.03. The van der Waals surface area contributed by atoms with Gasteiger partial charge in [0.15, 0.2) is 0 Å². The molecule has 0 heterocycles. The smallest absolute Gasteiger partial charge is 0.236 e. The summed E-state index contributed by atoms with van der Waals surface area (Å²) in [4.78, 5) is 0. The van der Waals surface area contributed by atoms with Gasteiger partial charge in [-0.2, -0.15) is 0 Å². The number of sulfonamides is 1. The second kappa shape index (κ2) is 6.24. The van der Waals surface area contributed by atoms with Crippen molar-refractivity contribution in [3.8, 4) is 0 Å². The molecule has 4 nitrogen and oxygen atoms in total. The number of hydrogen-bond acceptors (Lipinski definition) is 3. The molecule has 0 aliphatic rings. The number of halogens is 1. The van der Waals surface area contributed by atoms with Gasteiger partial charge in [0.2, 0.25) is 10.0 Å². The average Bonchev–Trinajstić information content (AvgIpc) is 2.43. The van der Waals surface area contributed by atoms with E-state index in [2.05, 4.69) is 4.72 Å². The molecule has 0 amide bonds. The van der Waals surface area contributed by atoms with E-state index < -0.39 is 15.8 Å². The Bertz CT molecular complexity index is 728. The molecule has 0 atom stereocenters. The van der Waals surface area contributed by atoms with Gasteiger partial charge in [-0.1, -0.05) is 30.3 Å². The summed E-state index contributed by atoms with van der Waals surface area (Å²) in [5, 5.41) is 0. The van der Waals surface area contributed by atoms with Gasteiger partial charge in [0, 0.05) is 6.54 Å². The van der Waals surface area contributed by atoms with Crippen LogP contribution in [0, 0.1) is 12.7 Å². The van der Waals surface area contributed by atoms with Crippen molar-refractivity contribution in [1.82, 2.24) is 0 Å². The number of hydrogen-bond donors (Lipinski definition) is 2. The highest BCUT2D eigenvalue weighted by molar-refractivity contribution is 7.91. The number of anilines is 1. The fourth-order valence-corrected chi connectivity index (χ4v) is 3.05. The Balaban J connectivity index is 2.12. The SMILES string of the molecule is Cc1ccc(NS(=O)(=O)Cc2ccc(CN)cc2)cc1F. The van der Waals surface area contributed by atoms with Gasteiger partial charge in [0.05, 0.1) is 11.4 Å². The van der Waals surface area contributed by atoms with Crippen molar-refractivity contribution in [3.05, 3.63) is 65.0 Å². The molecule has 0 spiro atoms. The highest BCUT2D eigenvalue weighted by atomic mass is 32.2. The number of rotatable bonds is 5. The highest BCUT2D eigenvalue weighted by Crippen LogP contribution is 2.17. The molecule has 0 fully saturated rings. The van der Waals surface area contributed by atoms with Crippen LogP contribution in [0.25, 0.3) is 0 Å². The van der Waals surface area contributed by atoms with Gasteiger partial charge in [-0.05, 0) is 35.7 Å². The van der Waals surface area contributed by atoms with E-state index in [9.17, 15) is 12.8 Å². The first-order valence-electron chi connectivity index (χ1n) is 6.44. The lowest BCUT2D eigenvalue weighted by Gasteiger charge is -2.09. The molecule has 0 aliphatic heterocycles. The summed E-state index contributed by atoms with van der Waals surface area (Å²) in [5.41, 5.74) is 7.76. The Kier molecular flexibility index (Phi) is 4.59. The first kappa shape index (κ1) is 15.5. The number of nitrogens with two attached hydrogens (primary N) is 1. The quantitative estimate of drug-likeness (QED) is 0.891. The third-order valence-corrected chi connectivity index (χ3v) is 4.32. The molecule has 2 aromatic carbocycles. The summed E-state index contributed by atoms with van der Waals surface area (Å²) in [5.74, 6) is -0.615. The van der Waals surface area contributed by atoms with Gasteiger partial charge >= 0.3 is 0 Å². The molecule has 3 N–H and O–H groups in total. The van der Waals surface area contributed by atoms with E-state index in [-0.39, 0.29) is 11.4 Å². The van der Waals surface area contributed by atoms with Crippen LogP contribution in [0.1, 0.15) is 16.7 Å². The minimum absolute atomic E-state index is 0.173. The van der Waals surface area contributed by atoms with Crippen LogP contribution in [-0.2, 0) is 22.3 Å². The monoisotopic (exact) mass is 308 g/mol. The van der Waals surface area contributed by atoms with E-state index in [4.69, 9.17) is 5.73 Å². The average molecular weight is 308 g/mol. The standard InChI is InChI=1S/C15H17FN2O2S/c1-11-2-7-14(8-15(11)16)18-21(19,20)10-13-5-3-12(9-17)4-6-13/h2-8,18H,9-10,17H2,1H3. The zero-order valence-corrected chi connectivity index (χ0v) is 12.5. The Labute approximate surface area is 123 Å². The van der Waals surface area contributed by atoms with Gasteiger partial charge in [-0.3, -0.25) is 4.72 Å². The van der Waals surface area contributed by atoms with E-state index in [1.54, 1.807) is 31.2 Å². The fraction of sp³-hybridized carbons (Fsp3) is 0.200. The third-order valence-electron chi connectivity index (χ3n) is 3.06. The molecule has 2 aromatic rings. The second-order valence-electron chi connectivity index (χ2n) is 4.85. The summed E-state index contributed by atoms with van der Waals surface area (Å²) < 4.78 is 39.9. The largest absolute Gasteiger partial charge is 0.326 e. The van der Waals surface area contributed by atoms with Crippen molar-refractivity contribution in [2.75, 3.05) is 4.72 Å². The van der Waals surface area contributed by atoms with Gasteiger partial charge in [0.25, 0.3) is 0 Å². The van der Waals surface area contributed by atoms with E-state index in [0.29, 0.717) is 17.7 Å². The molecule has 21 heavy (non-hydrogen) atoms. The van der Waals surface area contributed by atoms with E-state index in [1.807, 2.05) is 0 Å². The molecule has 6 heteroatoms. The zero-order chi connectivity index (χ0) is 15.5. The summed E-state index contributed by atoms with van der Waals surface area (Å²) in [6.07, 6.45) is 0. The van der Waals surface area contributed by atoms with Crippen molar-refractivity contribution in [3.63, 3.8) is 0 Å². The van der Waals surface area contributed by atoms with Crippen molar-refractivity contribution < 1.29 is 12.8 Å². The van der Waals surface area contributed by atoms with Gasteiger partial charge in [-0.15, -0.1) is 0 Å². The van der Waals surface area contributed by atoms with Gasteiger partial charge in [0.1, 0.15) is 5.82 Å². The molecule has 0 aromatic heterocycles. The van der Waals surface area contributed by atoms with Crippen molar-refractivity contribution in [1.29, 1.82) is 0 Å². The van der Waals surface area contributed by atoms with Crippen molar-refractivity contribution >= 4 is 15.7 Å². The highest BCUT2D eigenvalue weighted by Gasteiger charge is 2.12. The molecule has 0 bridgehead atoms. The van der Waals surface area contributed by atoms with E-state index >= 15 is 0 Å². The zero-order valence-electron chi connectivity index (χ0n) is 11.6. The maximum Gasteiger partial charge on any atom is 0.236 e. The second-order valence-corrected chi connectivity index (χ2v) is 6.57. The fourth-order valence-electron chi connectivity index (χ4n) is 1.86. The molecule has 0 saturated carbocycles. The van der Waals surface area contributed by atoms with Crippen molar-refractivity contribution in [2.24, 2.45) is 5.73 Å². The van der Waals surface area contributed by atoms with Crippen LogP contribution in [-0.4, -0.2) is 8.42 Å². The van der Waals surface area contributed by atoms with Crippen LogP contribution in [0.2, 0.25) is 0 Å². The maximum absolute atomic E-state index is 13.4. The summed E-state index contributed by atoms with van der Waals surface area (Å²) in [6, 6.07) is 11.3. The normalized spacial score (nSPS) is 11.4. The topological polar surface area (TPSA) is 72.2 Å². The summed E-state index contributed by atoms with van der Waals surface area (Å²) in [7, 11) is -3.58. The van der Waals surface area contributed by atoms with Crippen LogP contribution in [0.3, 0.4) is 0 Å². The molecule has 0 radical (unpaired) electrons. The van der Waals surface area contributed by atoms with Crippen LogP contribution >= 0.6 is 0 Å². The van der Waals surface area contributed by atoms with Gasteiger partial charge in [-0.25, -0.2) is 12.8 Å². The Morgan fingerprint density at radius 2 is 1.71 bits per heavy atom. The lowest BCUT2D eigenvalue weighted by atomic mass is 10.1. The van der Waals surface area contributed by atoms with E-state index in [0.717, 1.165) is 5.56 Å². The molecule has 2 rings (SSSR count). The number of aryl methyl sites for hydroxylation is 1. The minimum Gasteiger partial charge on any atom is -0.326 e. The molecule has 0 unspecified atom stereocenters. The minimum atomic E-state index is -3.58. The van der Waals surface area contributed by atoms with Gasteiger partial charge < -0.3 is 5.73 Å². The molecule has 112 valence electrons. The van der Waals surface area contributed by atoms with Crippen LogP contribution in [0.4, 0.5) is 10.1 Å². The third kappa shape index (κ3) is 4.27. The Morgan fingerprint density at radius 3 is 2.29 bits per heavy atom. The molecule has 0 aliphatic carbocycles. The van der Waals surface area contributed by atoms with Crippen LogP contribution < -0.4 is 10.5 Å². The van der Waals surface area contributed by atoms with E-state index in [1.165, 1.54) is 18.2 Å². The van der Waals surface area contributed by atoms with Crippen molar-refractivity contribution in [2.45, 2.75) is 19.2 Å². The summed E-state index contributed by atoms with van der Waals surface area (Å²) >= 11 is 0. The number of benzene rings is 2. The number of nitrogens with one attached hydrogen (secondary N) is 1.